The first kappa shape index (κ1) is 19.7. The van der Waals surface area contributed by atoms with E-state index in [1.807, 2.05) is 17.6 Å². The number of nitrogens with one attached hydrogen (secondary N) is 1. The number of fused-ring (bicyclic) bond motifs is 1. The number of rotatable bonds is 7. The fourth-order valence-electron chi connectivity index (χ4n) is 3.37. The van der Waals surface area contributed by atoms with Crippen molar-refractivity contribution in [1.29, 1.82) is 0 Å². The molecule has 10 heteroatoms. The number of nitrogens with zero attached hydrogens (tertiary/aromatic N) is 3. The number of thioether (sulfide) groups is 1. The molecule has 0 saturated heterocycles. The van der Waals surface area contributed by atoms with Gasteiger partial charge in [0.25, 0.3) is 0 Å². The number of hydrogen-bond donors (Lipinski definition) is 1. The molecule has 1 aliphatic carbocycles. The first-order valence-electron chi connectivity index (χ1n) is 9.25. The van der Waals surface area contributed by atoms with Gasteiger partial charge in [-0.05, 0) is 43.9 Å². The summed E-state index contributed by atoms with van der Waals surface area (Å²) in [5.74, 6) is 0.806. The summed E-state index contributed by atoms with van der Waals surface area (Å²) >= 11 is 2.76. The Morgan fingerprint density at radius 2 is 2.24 bits per heavy atom. The zero-order valence-corrected chi connectivity index (χ0v) is 17.7. The van der Waals surface area contributed by atoms with Crippen molar-refractivity contribution in [3.63, 3.8) is 0 Å². The molecule has 152 valence electrons. The fraction of sp³-hybridized carbons (Fsp3) is 0.368. The molecule has 1 aliphatic rings. The van der Waals surface area contributed by atoms with Gasteiger partial charge in [-0.3, -0.25) is 9.36 Å². The molecule has 0 atom stereocenters. The van der Waals surface area contributed by atoms with Gasteiger partial charge in [0.2, 0.25) is 5.91 Å². The number of methoxy groups -OCH3 is 1. The molecule has 0 unspecified atom stereocenters. The summed E-state index contributed by atoms with van der Waals surface area (Å²) in [7, 11) is 1.36. The first-order chi connectivity index (χ1) is 14.1. The van der Waals surface area contributed by atoms with Crippen LogP contribution < -0.4 is 5.32 Å². The van der Waals surface area contributed by atoms with Crippen LogP contribution in [-0.2, 0) is 28.9 Å². The monoisotopic (exact) mass is 432 g/mol. The second kappa shape index (κ2) is 8.42. The number of esters is 1. The molecule has 0 radical (unpaired) electrons. The predicted molar refractivity (Wildman–Crippen MR) is 110 cm³/mol. The number of amides is 1. The van der Waals surface area contributed by atoms with Gasteiger partial charge in [0.05, 0.1) is 24.7 Å². The molecule has 0 saturated carbocycles. The largest absolute Gasteiger partial charge is 0.465 e. The molecule has 0 fully saturated rings. The van der Waals surface area contributed by atoms with E-state index < -0.39 is 5.97 Å². The van der Waals surface area contributed by atoms with Crippen LogP contribution in [0.25, 0.3) is 11.6 Å². The summed E-state index contributed by atoms with van der Waals surface area (Å²) in [5.41, 5.74) is 1.51. The molecule has 29 heavy (non-hydrogen) atoms. The van der Waals surface area contributed by atoms with Gasteiger partial charge in [-0.1, -0.05) is 11.8 Å². The molecule has 8 nitrogen and oxygen atoms in total. The highest BCUT2D eigenvalue weighted by atomic mass is 32.2. The van der Waals surface area contributed by atoms with Crippen molar-refractivity contribution < 1.29 is 18.7 Å². The molecule has 0 aliphatic heterocycles. The van der Waals surface area contributed by atoms with E-state index in [0.29, 0.717) is 33.9 Å². The van der Waals surface area contributed by atoms with Crippen molar-refractivity contribution in [3.05, 3.63) is 34.4 Å². The molecule has 4 rings (SSSR count). The van der Waals surface area contributed by atoms with Crippen LogP contribution in [0.2, 0.25) is 0 Å². The van der Waals surface area contributed by atoms with Crippen LogP contribution in [0.15, 0.2) is 28.0 Å². The average Bonchev–Trinajstić information content (AvgIpc) is 3.48. The standard InChI is InChI=1S/C19H20N4O4S2/c1-3-23-16(12-7-5-9-27-12)21-22-19(23)28-10-14(24)20-17-15(18(25)26-2)11-6-4-8-13(11)29-17/h5,7,9H,3-4,6,8,10H2,1-2H3,(H,20,24). The van der Waals surface area contributed by atoms with Crippen LogP contribution in [0.5, 0.6) is 0 Å². The maximum Gasteiger partial charge on any atom is 0.341 e. The lowest BCUT2D eigenvalue weighted by atomic mass is 10.1. The molecule has 3 heterocycles. The summed E-state index contributed by atoms with van der Waals surface area (Å²) in [6.45, 7) is 2.63. The molecule has 3 aromatic rings. The highest BCUT2D eigenvalue weighted by Gasteiger charge is 2.28. The quantitative estimate of drug-likeness (QED) is 0.450. The van der Waals surface area contributed by atoms with Gasteiger partial charge in [0, 0.05) is 11.4 Å². The van der Waals surface area contributed by atoms with Crippen molar-refractivity contribution in [2.24, 2.45) is 0 Å². The number of aryl methyl sites for hydroxylation is 1. The van der Waals surface area contributed by atoms with Gasteiger partial charge in [0.15, 0.2) is 16.7 Å². The third kappa shape index (κ3) is 3.82. The molecule has 0 aromatic carbocycles. The van der Waals surface area contributed by atoms with Crippen molar-refractivity contribution >= 4 is 40.0 Å². The summed E-state index contributed by atoms with van der Waals surface area (Å²) in [6, 6.07) is 3.61. The molecule has 1 N–H and O–H groups in total. The molecule has 0 spiro atoms. The van der Waals surface area contributed by atoms with E-state index in [2.05, 4.69) is 15.5 Å². The number of furan rings is 1. The Bertz CT molecular complexity index is 1040. The lowest BCUT2D eigenvalue weighted by molar-refractivity contribution is -0.113. The van der Waals surface area contributed by atoms with Crippen LogP contribution in [0.3, 0.4) is 0 Å². The second-order valence-corrected chi connectivity index (χ2v) is 8.47. The van der Waals surface area contributed by atoms with Crippen LogP contribution in [0.1, 0.15) is 34.1 Å². The van der Waals surface area contributed by atoms with Gasteiger partial charge >= 0.3 is 5.97 Å². The Kier molecular flexibility index (Phi) is 5.72. The lowest BCUT2D eigenvalue weighted by Crippen LogP contribution is -2.16. The first-order valence-corrected chi connectivity index (χ1v) is 11.0. The lowest BCUT2D eigenvalue weighted by Gasteiger charge is -2.08. The second-order valence-electron chi connectivity index (χ2n) is 6.42. The Hall–Kier alpha value is -2.59. The van der Waals surface area contributed by atoms with Gasteiger partial charge < -0.3 is 14.5 Å². The van der Waals surface area contributed by atoms with E-state index in [4.69, 9.17) is 9.15 Å². The summed E-state index contributed by atoms with van der Waals surface area (Å²) in [5, 5.41) is 12.5. The smallest absolute Gasteiger partial charge is 0.341 e. The Morgan fingerprint density at radius 3 is 2.97 bits per heavy atom. The average molecular weight is 433 g/mol. The van der Waals surface area contributed by atoms with Crippen molar-refractivity contribution in [3.8, 4) is 11.6 Å². The van der Waals surface area contributed by atoms with E-state index in [1.165, 1.54) is 30.2 Å². The summed E-state index contributed by atoms with van der Waals surface area (Å²) in [6.07, 6.45) is 4.39. The topological polar surface area (TPSA) is 99.2 Å². The molecular weight excluding hydrogens is 412 g/mol. The van der Waals surface area contributed by atoms with Crippen molar-refractivity contribution in [2.45, 2.75) is 37.9 Å². The van der Waals surface area contributed by atoms with Crippen LogP contribution >= 0.6 is 23.1 Å². The zero-order chi connectivity index (χ0) is 20.4. The van der Waals surface area contributed by atoms with Gasteiger partial charge in [0.1, 0.15) is 5.00 Å². The Balaban J connectivity index is 1.46. The number of anilines is 1. The van der Waals surface area contributed by atoms with E-state index in [9.17, 15) is 9.59 Å². The maximum atomic E-state index is 12.6. The summed E-state index contributed by atoms with van der Waals surface area (Å²) in [4.78, 5) is 25.9. The number of carbonyl (C=O) groups excluding carboxylic acids is 2. The molecule has 1 amide bonds. The van der Waals surface area contributed by atoms with E-state index in [-0.39, 0.29) is 11.7 Å². The van der Waals surface area contributed by atoms with Crippen LogP contribution in [0, 0.1) is 0 Å². The zero-order valence-electron chi connectivity index (χ0n) is 16.1. The SMILES string of the molecule is CCn1c(SCC(=O)Nc2sc3c(c2C(=O)OC)CCC3)nnc1-c1ccco1. The highest BCUT2D eigenvalue weighted by Crippen LogP contribution is 2.39. The number of carbonyl (C=O) groups is 2. The third-order valence-electron chi connectivity index (χ3n) is 4.67. The normalized spacial score (nSPS) is 12.8. The fourth-order valence-corrected chi connectivity index (χ4v) is 5.47. The number of aromatic nitrogens is 3. The van der Waals surface area contributed by atoms with Crippen LogP contribution in [-0.4, -0.2) is 39.5 Å². The Labute approximate surface area is 175 Å². The van der Waals surface area contributed by atoms with Gasteiger partial charge in [-0.25, -0.2) is 4.79 Å². The number of hydrogen-bond acceptors (Lipinski definition) is 8. The minimum absolute atomic E-state index is 0.152. The molecule has 3 aromatic heterocycles. The van der Waals surface area contributed by atoms with Crippen molar-refractivity contribution in [2.75, 3.05) is 18.2 Å². The molecule has 0 bridgehead atoms. The van der Waals surface area contributed by atoms with E-state index in [0.717, 1.165) is 29.7 Å². The van der Waals surface area contributed by atoms with Crippen molar-refractivity contribution in [1.82, 2.24) is 14.8 Å². The molecular formula is C19H20N4O4S2. The Morgan fingerprint density at radius 1 is 1.38 bits per heavy atom. The number of ether oxygens (including phenoxy) is 1. The van der Waals surface area contributed by atoms with Crippen LogP contribution in [0.4, 0.5) is 5.00 Å². The predicted octanol–water partition coefficient (Wildman–Crippen LogP) is 3.63. The van der Waals surface area contributed by atoms with E-state index in [1.54, 1.807) is 12.3 Å². The van der Waals surface area contributed by atoms with Gasteiger partial charge in [-0.15, -0.1) is 21.5 Å². The maximum absolute atomic E-state index is 12.6. The summed E-state index contributed by atoms with van der Waals surface area (Å²) < 4.78 is 12.2. The third-order valence-corrected chi connectivity index (χ3v) is 6.84. The van der Waals surface area contributed by atoms with Gasteiger partial charge in [-0.2, -0.15) is 0 Å². The minimum atomic E-state index is -0.402. The highest BCUT2D eigenvalue weighted by molar-refractivity contribution is 7.99. The minimum Gasteiger partial charge on any atom is -0.465 e. The number of thiophene rings is 1. The van der Waals surface area contributed by atoms with E-state index >= 15 is 0 Å².